The van der Waals surface area contributed by atoms with Crippen LogP contribution in [0.4, 0.5) is 18.0 Å². The Kier molecular flexibility index (Phi) is 8.02. The summed E-state index contributed by atoms with van der Waals surface area (Å²) >= 11 is 13.1. The lowest BCUT2D eigenvalue weighted by Crippen LogP contribution is -2.47. The number of nitrogens with zero attached hydrogens (tertiary/aromatic N) is 2. The summed E-state index contributed by atoms with van der Waals surface area (Å²) in [6.07, 6.45) is -2.43. The van der Waals surface area contributed by atoms with Crippen LogP contribution >= 0.6 is 23.2 Å². The van der Waals surface area contributed by atoms with Gasteiger partial charge < -0.3 is 15.1 Å². The number of hydrogen-bond donors (Lipinski definition) is 1. The van der Waals surface area contributed by atoms with Crippen molar-refractivity contribution >= 4 is 35.2 Å². The zero-order valence-electron chi connectivity index (χ0n) is 19.6. The molecule has 2 saturated heterocycles. The largest absolute Gasteiger partial charge is 0.426 e. The number of halogens is 5. The minimum absolute atomic E-state index is 0.0552. The molecule has 0 spiro atoms. The minimum atomic E-state index is -4.41. The van der Waals surface area contributed by atoms with Gasteiger partial charge in [-0.05, 0) is 66.6 Å². The molecule has 2 heterocycles. The van der Waals surface area contributed by atoms with Crippen molar-refractivity contribution in [2.24, 2.45) is 5.92 Å². The molecule has 0 aliphatic carbocycles. The van der Waals surface area contributed by atoms with Crippen LogP contribution in [0.2, 0.25) is 10.0 Å². The molecule has 0 saturated carbocycles. The van der Waals surface area contributed by atoms with Crippen LogP contribution in [0.15, 0.2) is 36.4 Å². The Morgan fingerprint density at radius 2 is 1.64 bits per heavy atom. The molecule has 1 atom stereocenters. The number of hydrogen-bond acceptors (Lipinski definition) is 4. The highest BCUT2D eigenvalue weighted by Crippen LogP contribution is 2.37. The standard InChI is InChI=1S/C25H26Cl2F3N3O3/c1-31-24(35)36-32-9-7-19(8-10-32)33-11-6-16(23(33)34)12-20-21(26)13-17(14-22(20)27)15-2-4-18(5-3-15)25(28,29)30/h2-5,13-14,16,19H,6-12H2,1H3,(H,31,35)/t16-/m0/s1. The molecule has 4 rings (SSSR count). The van der Waals surface area contributed by atoms with Crippen LogP contribution < -0.4 is 5.32 Å². The van der Waals surface area contributed by atoms with Gasteiger partial charge in [0, 0.05) is 48.7 Å². The number of hydroxylamine groups is 2. The normalized spacial score (nSPS) is 19.6. The van der Waals surface area contributed by atoms with Gasteiger partial charge in [0.2, 0.25) is 5.91 Å². The molecule has 2 aliphatic heterocycles. The van der Waals surface area contributed by atoms with Crippen LogP contribution in [-0.2, 0) is 22.2 Å². The second kappa shape index (κ2) is 10.9. The SMILES string of the molecule is CNC(=O)ON1CCC(N2CC[C@@H](Cc3c(Cl)cc(-c4ccc(C(F)(F)F)cc4)cc3Cl)C2=O)CC1. The molecule has 6 nitrogen and oxygen atoms in total. The molecule has 0 aromatic heterocycles. The van der Waals surface area contributed by atoms with Gasteiger partial charge in [0.25, 0.3) is 0 Å². The predicted molar refractivity (Wildman–Crippen MR) is 131 cm³/mol. The third-order valence-corrected chi connectivity index (χ3v) is 7.44. The lowest BCUT2D eigenvalue weighted by atomic mass is 9.95. The summed E-state index contributed by atoms with van der Waals surface area (Å²) in [6, 6.07) is 8.23. The summed E-state index contributed by atoms with van der Waals surface area (Å²) in [7, 11) is 1.50. The predicted octanol–water partition coefficient (Wildman–Crippen LogP) is 5.81. The Balaban J connectivity index is 1.40. The van der Waals surface area contributed by atoms with Gasteiger partial charge in [-0.3, -0.25) is 4.79 Å². The van der Waals surface area contributed by atoms with Crippen LogP contribution in [0.1, 0.15) is 30.4 Å². The van der Waals surface area contributed by atoms with Gasteiger partial charge in [-0.2, -0.15) is 13.2 Å². The summed E-state index contributed by atoms with van der Waals surface area (Å²) < 4.78 is 38.6. The van der Waals surface area contributed by atoms with E-state index in [4.69, 9.17) is 28.0 Å². The quantitative estimate of drug-likeness (QED) is 0.517. The maximum absolute atomic E-state index is 13.2. The van der Waals surface area contributed by atoms with E-state index in [2.05, 4.69) is 5.32 Å². The molecule has 0 bridgehead atoms. The zero-order valence-corrected chi connectivity index (χ0v) is 21.1. The first-order chi connectivity index (χ1) is 17.1. The number of amides is 2. The number of rotatable bonds is 5. The van der Waals surface area contributed by atoms with E-state index < -0.39 is 17.8 Å². The van der Waals surface area contributed by atoms with E-state index in [1.54, 1.807) is 17.2 Å². The van der Waals surface area contributed by atoms with Gasteiger partial charge in [-0.1, -0.05) is 35.3 Å². The number of piperidine rings is 1. The Hall–Kier alpha value is -2.49. The maximum atomic E-state index is 13.2. The first-order valence-electron chi connectivity index (χ1n) is 11.7. The molecule has 2 aliphatic rings. The highest BCUT2D eigenvalue weighted by atomic mass is 35.5. The van der Waals surface area contributed by atoms with E-state index in [1.165, 1.54) is 19.2 Å². The molecule has 0 radical (unpaired) electrons. The Labute approximate surface area is 217 Å². The van der Waals surface area contributed by atoms with E-state index >= 15 is 0 Å². The molecule has 11 heteroatoms. The van der Waals surface area contributed by atoms with Gasteiger partial charge in [-0.25, -0.2) is 4.79 Å². The van der Waals surface area contributed by atoms with Crippen molar-refractivity contribution in [2.45, 2.75) is 37.9 Å². The molecule has 2 amide bonds. The fraction of sp³-hybridized carbons (Fsp3) is 0.440. The van der Waals surface area contributed by atoms with Crippen LogP contribution in [-0.4, -0.2) is 54.7 Å². The molecule has 0 unspecified atom stereocenters. The zero-order chi connectivity index (χ0) is 26.0. The summed E-state index contributed by atoms with van der Waals surface area (Å²) in [4.78, 5) is 31.6. The second-order valence-corrected chi connectivity index (χ2v) is 9.82. The van der Waals surface area contributed by atoms with Crippen molar-refractivity contribution in [1.82, 2.24) is 15.3 Å². The average molecular weight is 544 g/mol. The van der Waals surface area contributed by atoms with Crippen molar-refractivity contribution in [3.63, 3.8) is 0 Å². The van der Waals surface area contributed by atoms with Crippen molar-refractivity contribution < 1.29 is 27.6 Å². The summed E-state index contributed by atoms with van der Waals surface area (Å²) in [5.41, 5.74) is 1.10. The number of likely N-dealkylation sites (tertiary alicyclic amines) is 1. The first kappa shape index (κ1) is 26.6. The first-order valence-corrected chi connectivity index (χ1v) is 12.4. The summed E-state index contributed by atoms with van der Waals surface area (Å²) in [6.45, 7) is 1.74. The highest BCUT2D eigenvalue weighted by molar-refractivity contribution is 6.36. The average Bonchev–Trinajstić information content (AvgIpc) is 3.21. The third-order valence-electron chi connectivity index (χ3n) is 6.77. The third kappa shape index (κ3) is 5.90. The van der Waals surface area contributed by atoms with Crippen molar-refractivity contribution in [1.29, 1.82) is 0 Å². The van der Waals surface area contributed by atoms with Gasteiger partial charge in [0.15, 0.2) is 0 Å². The second-order valence-electron chi connectivity index (χ2n) is 9.00. The fourth-order valence-electron chi connectivity index (χ4n) is 4.79. The highest BCUT2D eigenvalue weighted by Gasteiger charge is 2.38. The van der Waals surface area contributed by atoms with Crippen LogP contribution in [0.3, 0.4) is 0 Å². The molecule has 2 aromatic carbocycles. The van der Waals surface area contributed by atoms with Crippen LogP contribution in [0.25, 0.3) is 11.1 Å². The lowest BCUT2D eigenvalue weighted by Gasteiger charge is -2.35. The van der Waals surface area contributed by atoms with Gasteiger partial charge in [-0.15, -0.1) is 5.06 Å². The van der Waals surface area contributed by atoms with E-state index in [-0.39, 0.29) is 17.9 Å². The minimum Gasteiger partial charge on any atom is -0.351 e. The topological polar surface area (TPSA) is 61.9 Å². The smallest absolute Gasteiger partial charge is 0.351 e. The van der Waals surface area contributed by atoms with E-state index in [0.29, 0.717) is 72.1 Å². The van der Waals surface area contributed by atoms with Crippen LogP contribution in [0.5, 0.6) is 0 Å². The number of nitrogens with one attached hydrogen (secondary N) is 1. The number of alkyl halides is 3. The number of carbonyl (C=O) groups is 2. The maximum Gasteiger partial charge on any atom is 0.426 e. The summed E-state index contributed by atoms with van der Waals surface area (Å²) in [5.74, 6) is -0.198. The summed E-state index contributed by atoms with van der Waals surface area (Å²) in [5, 5.41) is 4.77. The molecule has 36 heavy (non-hydrogen) atoms. The van der Waals surface area contributed by atoms with Crippen molar-refractivity contribution in [3.8, 4) is 11.1 Å². The fourth-order valence-corrected chi connectivity index (χ4v) is 5.43. The Bertz CT molecular complexity index is 1100. The molecule has 2 aromatic rings. The van der Waals surface area contributed by atoms with E-state index in [1.807, 2.05) is 4.90 Å². The molecular weight excluding hydrogens is 518 g/mol. The van der Waals surface area contributed by atoms with E-state index in [0.717, 1.165) is 12.1 Å². The van der Waals surface area contributed by atoms with Crippen molar-refractivity contribution in [3.05, 3.63) is 57.6 Å². The van der Waals surface area contributed by atoms with Crippen LogP contribution in [0, 0.1) is 5.92 Å². The monoisotopic (exact) mass is 543 g/mol. The van der Waals surface area contributed by atoms with Gasteiger partial charge >= 0.3 is 12.3 Å². The van der Waals surface area contributed by atoms with Gasteiger partial charge in [0.1, 0.15) is 0 Å². The lowest BCUT2D eigenvalue weighted by molar-refractivity contribution is -0.141. The molecular formula is C25H26Cl2F3N3O3. The molecule has 1 N–H and O–H groups in total. The Morgan fingerprint density at radius 1 is 1.03 bits per heavy atom. The van der Waals surface area contributed by atoms with Crippen molar-refractivity contribution in [2.75, 3.05) is 26.7 Å². The van der Waals surface area contributed by atoms with E-state index in [9.17, 15) is 22.8 Å². The number of benzene rings is 2. The Morgan fingerprint density at radius 3 is 2.19 bits per heavy atom. The number of carbonyl (C=O) groups excluding carboxylic acids is 2. The molecule has 2 fully saturated rings. The van der Waals surface area contributed by atoms with Gasteiger partial charge in [0.05, 0.1) is 5.56 Å². The molecule has 194 valence electrons.